The summed E-state index contributed by atoms with van der Waals surface area (Å²) in [6, 6.07) is 14.1. The molecule has 1 aliphatic rings. The second kappa shape index (κ2) is 11.1. The largest absolute Gasteiger partial charge is 0.497 e. The molecule has 2 aromatic carbocycles. The quantitative estimate of drug-likeness (QED) is 0.346. The Bertz CT molecular complexity index is 774. The number of hydrogen-bond donors (Lipinski definition) is 2. The van der Waals surface area contributed by atoms with Crippen molar-refractivity contribution in [2.24, 2.45) is 10.7 Å². The molecule has 7 heteroatoms. The van der Waals surface area contributed by atoms with E-state index in [0.29, 0.717) is 18.3 Å². The van der Waals surface area contributed by atoms with Crippen LogP contribution in [0.5, 0.6) is 11.5 Å². The summed E-state index contributed by atoms with van der Waals surface area (Å²) in [7, 11) is 3.24. The van der Waals surface area contributed by atoms with Crippen molar-refractivity contribution in [1.29, 1.82) is 0 Å². The molecule has 0 bridgehead atoms. The highest BCUT2D eigenvalue weighted by Crippen LogP contribution is 2.28. The van der Waals surface area contributed by atoms with Gasteiger partial charge in [-0.15, -0.1) is 24.0 Å². The minimum absolute atomic E-state index is 0. The number of aliphatic imine (C=N–C) groups is 1. The van der Waals surface area contributed by atoms with Crippen molar-refractivity contribution in [1.82, 2.24) is 4.90 Å². The van der Waals surface area contributed by atoms with Crippen LogP contribution < -0.4 is 20.5 Å². The van der Waals surface area contributed by atoms with E-state index in [1.165, 1.54) is 31.5 Å². The molecule has 2 aromatic rings. The fourth-order valence-electron chi connectivity index (χ4n) is 3.21. The van der Waals surface area contributed by atoms with Crippen LogP contribution in [-0.2, 0) is 13.1 Å². The number of methoxy groups -OCH3 is 2. The van der Waals surface area contributed by atoms with Gasteiger partial charge in [0, 0.05) is 12.6 Å². The third-order valence-electron chi connectivity index (χ3n) is 4.73. The van der Waals surface area contributed by atoms with Gasteiger partial charge in [-0.2, -0.15) is 0 Å². The van der Waals surface area contributed by atoms with E-state index in [9.17, 15) is 0 Å². The van der Waals surface area contributed by atoms with Crippen molar-refractivity contribution >= 4 is 35.6 Å². The van der Waals surface area contributed by atoms with Gasteiger partial charge in [0.15, 0.2) is 5.96 Å². The predicted molar refractivity (Wildman–Crippen MR) is 125 cm³/mol. The highest BCUT2D eigenvalue weighted by Gasteiger charge is 2.11. The zero-order chi connectivity index (χ0) is 19.1. The molecule has 0 saturated carbocycles. The van der Waals surface area contributed by atoms with E-state index in [4.69, 9.17) is 15.2 Å². The molecule has 1 saturated heterocycles. The van der Waals surface area contributed by atoms with E-state index in [1.54, 1.807) is 14.2 Å². The number of guanidine groups is 1. The van der Waals surface area contributed by atoms with Gasteiger partial charge in [0.25, 0.3) is 0 Å². The summed E-state index contributed by atoms with van der Waals surface area (Å²) in [5.41, 5.74) is 9.24. The van der Waals surface area contributed by atoms with Crippen LogP contribution in [-0.4, -0.2) is 38.2 Å². The minimum Gasteiger partial charge on any atom is -0.497 e. The van der Waals surface area contributed by atoms with E-state index in [0.717, 1.165) is 23.5 Å². The molecule has 0 aliphatic carbocycles. The summed E-state index contributed by atoms with van der Waals surface area (Å²) < 4.78 is 10.6. The number of benzene rings is 2. The number of nitrogens with zero attached hydrogens (tertiary/aromatic N) is 2. The van der Waals surface area contributed by atoms with Crippen LogP contribution in [0.3, 0.4) is 0 Å². The lowest BCUT2D eigenvalue weighted by Crippen LogP contribution is -2.23. The lowest BCUT2D eigenvalue weighted by Gasteiger charge is -2.14. The van der Waals surface area contributed by atoms with Crippen LogP contribution in [0.25, 0.3) is 0 Å². The van der Waals surface area contributed by atoms with Crippen LogP contribution in [0.2, 0.25) is 0 Å². The van der Waals surface area contributed by atoms with Gasteiger partial charge in [-0.1, -0.05) is 24.3 Å². The summed E-state index contributed by atoms with van der Waals surface area (Å²) in [6.07, 6.45) is 2.63. The standard InChI is InChI=1S/C21H28N4O2.HI/c1-26-18-9-10-20(27-2)19(13-18)24-21(22)23-14-16-5-7-17(8-6-16)15-25-11-3-4-12-25;/h5-10,13H,3-4,11-12,14-15H2,1-2H3,(H3,22,23,24);1H. The molecular formula is C21H29IN4O2. The first kappa shape index (κ1) is 22.3. The first-order valence-corrected chi connectivity index (χ1v) is 9.27. The Kier molecular flexibility index (Phi) is 8.85. The molecule has 28 heavy (non-hydrogen) atoms. The average molecular weight is 496 g/mol. The maximum Gasteiger partial charge on any atom is 0.193 e. The van der Waals surface area contributed by atoms with E-state index in [1.807, 2.05) is 18.2 Å². The van der Waals surface area contributed by atoms with E-state index in [-0.39, 0.29) is 24.0 Å². The normalized spacial score (nSPS) is 14.4. The van der Waals surface area contributed by atoms with Crippen LogP contribution in [0.1, 0.15) is 24.0 Å². The Labute approximate surface area is 184 Å². The number of halogens is 1. The highest BCUT2D eigenvalue weighted by molar-refractivity contribution is 14.0. The maximum absolute atomic E-state index is 6.04. The predicted octanol–water partition coefficient (Wildman–Crippen LogP) is 3.84. The molecule has 0 radical (unpaired) electrons. The molecular weight excluding hydrogens is 467 g/mol. The fourth-order valence-corrected chi connectivity index (χ4v) is 3.21. The van der Waals surface area contributed by atoms with Gasteiger partial charge in [0.1, 0.15) is 11.5 Å². The second-order valence-electron chi connectivity index (χ2n) is 6.69. The van der Waals surface area contributed by atoms with Crippen LogP contribution in [0, 0.1) is 0 Å². The third kappa shape index (κ3) is 6.27. The monoisotopic (exact) mass is 496 g/mol. The molecule has 1 heterocycles. The summed E-state index contributed by atoms with van der Waals surface area (Å²) in [4.78, 5) is 6.93. The van der Waals surface area contributed by atoms with Gasteiger partial charge < -0.3 is 20.5 Å². The SMILES string of the molecule is COc1ccc(OC)c(NC(N)=NCc2ccc(CN3CCCC3)cc2)c1.I. The van der Waals surface area contributed by atoms with Crippen molar-refractivity contribution in [3.05, 3.63) is 53.6 Å². The molecule has 3 rings (SSSR count). The average Bonchev–Trinajstić information content (AvgIpc) is 3.20. The van der Waals surface area contributed by atoms with Gasteiger partial charge in [-0.05, 0) is 49.2 Å². The number of ether oxygens (including phenoxy) is 2. The van der Waals surface area contributed by atoms with E-state index < -0.39 is 0 Å². The fraction of sp³-hybridized carbons (Fsp3) is 0.381. The number of anilines is 1. The smallest absolute Gasteiger partial charge is 0.193 e. The van der Waals surface area contributed by atoms with Crippen molar-refractivity contribution in [2.75, 3.05) is 32.6 Å². The molecule has 0 atom stereocenters. The Morgan fingerprint density at radius 3 is 2.36 bits per heavy atom. The Morgan fingerprint density at radius 2 is 1.71 bits per heavy atom. The molecule has 6 nitrogen and oxygen atoms in total. The van der Waals surface area contributed by atoms with Crippen molar-refractivity contribution < 1.29 is 9.47 Å². The molecule has 1 aliphatic heterocycles. The van der Waals surface area contributed by atoms with E-state index >= 15 is 0 Å². The summed E-state index contributed by atoms with van der Waals surface area (Å²) in [5.74, 6) is 1.74. The molecule has 0 unspecified atom stereocenters. The minimum atomic E-state index is 0. The Morgan fingerprint density at radius 1 is 1.04 bits per heavy atom. The second-order valence-corrected chi connectivity index (χ2v) is 6.69. The van der Waals surface area contributed by atoms with Gasteiger partial charge in [0.2, 0.25) is 0 Å². The number of nitrogens with two attached hydrogens (primary N) is 1. The number of hydrogen-bond acceptors (Lipinski definition) is 4. The first-order valence-electron chi connectivity index (χ1n) is 9.27. The van der Waals surface area contributed by atoms with Crippen LogP contribution >= 0.6 is 24.0 Å². The lowest BCUT2D eigenvalue weighted by molar-refractivity contribution is 0.331. The molecule has 0 amide bonds. The van der Waals surface area contributed by atoms with Crippen molar-refractivity contribution in [3.8, 4) is 11.5 Å². The number of rotatable bonds is 7. The van der Waals surface area contributed by atoms with Gasteiger partial charge in [-0.3, -0.25) is 4.90 Å². The van der Waals surface area contributed by atoms with E-state index in [2.05, 4.69) is 39.5 Å². The molecule has 3 N–H and O–H groups in total. The zero-order valence-electron chi connectivity index (χ0n) is 16.5. The lowest BCUT2D eigenvalue weighted by atomic mass is 10.1. The van der Waals surface area contributed by atoms with Gasteiger partial charge >= 0.3 is 0 Å². The van der Waals surface area contributed by atoms with Gasteiger partial charge in [-0.25, -0.2) is 4.99 Å². The van der Waals surface area contributed by atoms with Crippen molar-refractivity contribution in [2.45, 2.75) is 25.9 Å². The Hall–Kier alpha value is -2.00. The molecule has 0 aromatic heterocycles. The van der Waals surface area contributed by atoms with Crippen LogP contribution in [0.15, 0.2) is 47.5 Å². The number of likely N-dealkylation sites (tertiary alicyclic amines) is 1. The summed E-state index contributed by atoms with van der Waals surface area (Å²) in [6.45, 7) is 3.97. The third-order valence-corrected chi connectivity index (χ3v) is 4.73. The number of nitrogens with one attached hydrogen (secondary N) is 1. The summed E-state index contributed by atoms with van der Waals surface area (Å²) in [5, 5.41) is 3.08. The molecule has 1 fully saturated rings. The van der Waals surface area contributed by atoms with Crippen LogP contribution in [0.4, 0.5) is 5.69 Å². The Balaban J connectivity index is 0.00000280. The molecule has 0 spiro atoms. The summed E-state index contributed by atoms with van der Waals surface area (Å²) >= 11 is 0. The first-order chi connectivity index (χ1) is 13.2. The highest BCUT2D eigenvalue weighted by atomic mass is 127. The topological polar surface area (TPSA) is 72.1 Å². The maximum atomic E-state index is 6.04. The van der Waals surface area contributed by atoms with Crippen molar-refractivity contribution in [3.63, 3.8) is 0 Å². The zero-order valence-corrected chi connectivity index (χ0v) is 18.8. The van der Waals surface area contributed by atoms with Gasteiger partial charge in [0.05, 0.1) is 26.5 Å². The molecule has 152 valence electrons.